The zero-order valence-corrected chi connectivity index (χ0v) is 27.9. The van der Waals surface area contributed by atoms with Crippen LogP contribution in [-0.4, -0.2) is 125 Å². The van der Waals surface area contributed by atoms with Crippen LogP contribution in [0, 0.1) is 5.92 Å². The smallest absolute Gasteiger partial charge is 0.314 e. The molecule has 0 spiro atoms. The van der Waals surface area contributed by atoms with Crippen molar-refractivity contribution in [2.75, 3.05) is 0 Å². The van der Waals surface area contributed by atoms with Crippen LogP contribution < -0.4 is 0 Å². The second kappa shape index (κ2) is 20.5. The first-order valence-electron chi connectivity index (χ1n) is 16.9. The van der Waals surface area contributed by atoms with Crippen LogP contribution in [0.2, 0.25) is 0 Å². The molecule has 2 heterocycles. The summed E-state index contributed by atoms with van der Waals surface area (Å²) in [6, 6.07) is 0. The molecule has 2 rings (SSSR count). The fraction of sp³-hybridized carbons (Fsp3) is 0.743. The number of unbranched alkanes of at least 4 members (excludes halogenated alkanes) is 2. The second-order valence-corrected chi connectivity index (χ2v) is 13.2. The molecule has 9 N–H and O–H groups in total. The number of hydrogen-bond acceptors (Lipinski definition) is 12. The Morgan fingerprint density at radius 3 is 1.79 bits per heavy atom. The minimum atomic E-state index is -1.53. The molecule has 0 aromatic rings. The van der Waals surface area contributed by atoms with Crippen LogP contribution in [0.25, 0.3) is 0 Å². The summed E-state index contributed by atoms with van der Waals surface area (Å²) in [6.45, 7) is 5.19. The Morgan fingerprint density at radius 2 is 1.23 bits per heavy atom. The van der Waals surface area contributed by atoms with E-state index in [0.29, 0.717) is 6.42 Å². The van der Waals surface area contributed by atoms with Gasteiger partial charge in [0, 0.05) is 12.8 Å². The van der Waals surface area contributed by atoms with Crippen molar-refractivity contribution in [3.05, 3.63) is 48.6 Å². The Hall–Kier alpha value is -1.97. The number of epoxide rings is 1. The molecule has 13 atom stereocenters. The first-order chi connectivity index (χ1) is 22.2. The molecule has 0 bridgehead atoms. The fourth-order valence-corrected chi connectivity index (χ4v) is 5.83. The topological polar surface area (TPSA) is 221 Å². The highest BCUT2D eigenvalue weighted by Gasteiger charge is 2.56. The third kappa shape index (κ3) is 14.6. The number of carbonyl (C=O) groups excluding carboxylic acids is 1. The van der Waals surface area contributed by atoms with Gasteiger partial charge in [0.15, 0.2) is 0 Å². The van der Waals surface area contributed by atoms with Crippen LogP contribution in [0.3, 0.4) is 0 Å². The first kappa shape index (κ1) is 41.2. The molecule has 0 aromatic carbocycles. The van der Waals surface area contributed by atoms with Gasteiger partial charge in [0.25, 0.3) is 0 Å². The van der Waals surface area contributed by atoms with Crippen LogP contribution in [0.5, 0.6) is 0 Å². The SMILES string of the molecule is CCCCC[C@@H](O)[C@@H]1C(=O)O[C@@H](C)[C@H](O)/C=C/C=C/C=C/C=C/[C@H]2O[C@@]2(C)[C@@H](O)C[C@H](O)C[C@H](O)C[C@H](O)C[C@H](O)C[C@H](O)C[C@H]1O. The van der Waals surface area contributed by atoms with Crippen molar-refractivity contribution < 1.29 is 60.2 Å². The lowest BCUT2D eigenvalue weighted by Crippen LogP contribution is -2.43. The van der Waals surface area contributed by atoms with Crippen molar-refractivity contribution in [1.82, 2.24) is 0 Å². The summed E-state index contributed by atoms with van der Waals surface area (Å²) >= 11 is 0. The van der Waals surface area contributed by atoms with Gasteiger partial charge in [-0.1, -0.05) is 74.8 Å². The van der Waals surface area contributed by atoms with Gasteiger partial charge in [-0.05, 0) is 46.0 Å². The quantitative estimate of drug-likeness (QED) is 0.114. The van der Waals surface area contributed by atoms with Gasteiger partial charge < -0.3 is 55.4 Å². The maximum absolute atomic E-state index is 13.2. The van der Waals surface area contributed by atoms with Crippen molar-refractivity contribution in [1.29, 1.82) is 0 Å². The maximum Gasteiger partial charge on any atom is 0.314 e. The third-order valence-electron chi connectivity index (χ3n) is 8.87. The molecule has 2 aliphatic heterocycles. The van der Waals surface area contributed by atoms with E-state index < -0.39 is 78.5 Å². The van der Waals surface area contributed by atoms with Crippen LogP contribution >= 0.6 is 0 Å². The van der Waals surface area contributed by atoms with Gasteiger partial charge in [0.2, 0.25) is 0 Å². The maximum atomic E-state index is 13.2. The van der Waals surface area contributed by atoms with Gasteiger partial charge >= 0.3 is 5.97 Å². The van der Waals surface area contributed by atoms with Crippen molar-refractivity contribution in [3.8, 4) is 0 Å². The molecule has 12 nitrogen and oxygen atoms in total. The van der Waals surface area contributed by atoms with E-state index >= 15 is 0 Å². The van der Waals surface area contributed by atoms with Gasteiger partial charge in [-0.3, -0.25) is 4.79 Å². The average Bonchev–Trinajstić information content (AvgIpc) is 3.64. The zero-order valence-electron chi connectivity index (χ0n) is 27.9. The van der Waals surface area contributed by atoms with Gasteiger partial charge in [-0.2, -0.15) is 0 Å². The lowest BCUT2D eigenvalue weighted by Gasteiger charge is -2.29. The average molecular weight is 671 g/mol. The number of aliphatic hydroxyl groups excluding tert-OH is 9. The van der Waals surface area contributed by atoms with Gasteiger partial charge in [-0.15, -0.1) is 0 Å². The van der Waals surface area contributed by atoms with E-state index in [2.05, 4.69) is 0 Å². The summed E-state index contributed by atoms with van der Waals surface area (Å²) in [5.41, 5.74) is -0.890. The minimum Gasteiger partial charge on any atom is -0.459 e. The molecule has 0 amide bonds. The molecule has 0 radical (unpaired) electrons. The number of fused-ring (bicyclic) bond motifs is 1. The molecule has 270 valence electrons. The second-order valence-electron chi connectivity index (χ2n) is 13.2. The number of cyclic esters (lactones) is 1. The molecule has 12 heteroatoms. The van der Waals surface area contributed by atoms with Crippen molar-refractivity contribution in [2.24, 2.45) is 5.92 Å². The largest absolute Gasteiger partial charge is 0.459 e. The normalized spacial score (nSPS) is 42.5. The molecule has 47 heavy (non-hydrogen) atoms. The fourth-order valence-electron chi connectivity index (χ4n) is 5.83. The lowest BCUT2D eigenvalue weighted by molar-refractivity contribution is -0.168. The molecule has 2 aliphatic rings. The number of aliphatic hydroxyl groups is 9. The molecule has 0 unspecified atom stereocenters. The van der Waals surface area contributed by atoms with E-state index in [-0.39, 0.29) is 51.0 Å². The predicted molar refractivity (Wildman–Crippen MR) is 175 cm³/mol. The molecule has 1 fully saturated rings. The monoisotopic (exact) mass is 670 g/mol. The number of allylic oxidation sites excluding steroid dienone is 6. The van der Waals surface area contributed by atoms with E-state index in [4.69, 9.17) is 9.47 Å². The van der Waals surface area contributed by atoms with Gasteiger partial charge in [0.1, 0.15) is 29.8 Å². The van der Waals surface area contributed by atoms with E-state index in [1.165, 1.54) is 13.0 Å². The standard InChI is InChI=1S/C35H58O12/c1-4-5-10-14-29(42)33-30(43)20-26(39)18-24(37)16-23(36)17-25(38)19-27(40)21-31(44)35(3)32(47-35)15-12-9-7-6-8-11-13-28(41)22(2)46-34(33)45/h6-9,11-13,15,22-33,36-44H,4-5,10,14,16-21H2,1-3H3/b8-6+,9-7+,13-11+,15-12+/t22-,23+,24-,25+,26-,27+,28+,29+,30+,31-,32+,33-,35-/m0/s1. The summed E-state index contributed by atoms with van der Waals surface area (Å²) in [5.74, 6) is -2.34. The van der Waals surface area contributed by atoms with Crippen LogP contribution in [-0.2, 0) is 14.3 Å². The highest BCUT2D eigenvalue weighted by molar-refractivity contribution is 5.74. The first-order valence-corrected chi connectivity index (χ1v) is 16.9. The van der Waals surface area contributed by atoms with E-state index in [9.17, 15) is 50.8 Å². The summed E-state index contributed by atoms with van der Waals surface area (Å²) < 4.78 is 11.1. The minimum absolute atomic E-state index is 0.0532. The van der Waals surface area contributed by atoms with Crippen LogP contribution in [0.1, 0.15) is 85.0 Å². The van der Waals surface area contributed by atoms with E-state index in [1.807, 2.05) is 6.92 Å². The van der Waals surface area contributed by atoms with Crippen molar-refractivity contribution in [2.45, 2.75) is 158 Å². The Balaban J connectivity index is 2.19. The zero-order chi connectivity index (χ0) is 35.1. The van der Waals surface area contributed by atoms with Gasteiger partial charge in [-0.25, -0.2) is 0 Å². The molecule has 0 saturated carbocycles. The molecule has 0 aromatic heterocycles. The lowest BCUT2D eigenvalue weighted by atomic mass is 9.87. The Bertz CT molecular complexity index is 1030. The number of rotatable bonds is 5. The van der Waals surface area contributed by atoms with E-state index in [0.717, 1.165) is 12.8 Å². The summed E-state index contributed by atoms with van der Waals surface area (Å²) in [4.78, 5) is 13.2. The molecular formula is C35H58O12. The highest BCUT2D eigenvalue weighted by atomic mass is 16.6. The predicted octanol–water partition coefficient (Wildman–Crippen LogP) is 1.10. The summed E-state index contributed by atoms with van der Waals surface area (Å²) in [6.07, 6.45) is 2.39. The van der Waals surface area contributed by atoms with E-state index in [1.54, 1.807) is 49.5 Å². The van der Waals surface area contributed by atoms with Crippen molar-refractivity contribution >= 4 is 5.97 Å². The van der Waals surface area contributed by atoms with Crippen molar-refractivity contribution in [3.63, 3.8) is 0 Å². The number of ether oxygens (including phenoxy) is 2. The Labute approximate surface area is 278 Å². The van der Waals surface area contributed by atoms with Gasteiger partial charge in [0.05, 0.1) is 48.8 Å². The Kier molecular flexibility index (Phi) is 18.0. The summed E-state index contributed by atoms with van der Waals surface area (Å²) in [7, 11) is 0. The number of carbonyl (C=O) groups is 1. The molecule has 1 saturated heterocycles. The van der Waals surface area contributed by atoms with Crippen LogP contribution in [0.15, 0.2) is 48.6 Å². The molecule has 0 aliphatic carbocycles. The van der Waals surface area contributed by atoms with Crippen LogP contribution in [0.4, 0.5) is 0 Å². The Morgan fingerprint density at radius 1 is 0.745 bits per heavy atom. The number of hydrogen-bond donors (Lipinski definition) is 9. The third-order valence-corrected chi connectivity index (χ3v) is 8.87. The highest BCUT2D eigenvalue weighted by Crippen LogP contribution is 2.42. The number of esters is 1. The molecular weight excluding hydrogens is 612 g/mol. The summed E-state index contributed by atoms with van der Waals surface area (Å²) in [5, 5.41) is 95.3.